The third-order valence-corrected chi connectivity index (χ3v) is 6.97. The monoisotopic (exact) mass is 477 g/mol. The van der Waals surface area contributed by atoms with Crippen LogP contribution in [-0.2, 0) is 14.3 Å². The molecular formula is C28H35N3O4. The van der Waals surface area contributed by atoms with Crippen LogP contribution in [0.4, 0.5) is 0 Å². The first kappa shape index (κ1) is 24.8. The lowest BCUT2D eigenvalue weighted by molar-refractivity contribution is -0.154. The number of rotatable bonds is 8. The number of nitrogens with one attached hydrogen (secondary N) is 2. The highest BCUT2D eigenvalue weighted by Gasteiger charge is 2.35. The lowest BCUT2D eigenvalue weighted by Crippen LogP contribution is -2.32. The summed E-state index contributed by atoms with van der Waals surface area (Å²) in [5.41, 5.74) is 8.26. The van der Waals surface area contributed by atoms with E-state index in [9.17, 15) is 9.59 Å². The molecule has 0 aromatic heterocycles. The molecule has 4 N–H and O–H groups in total. The van der Waals surface area contributed by atoms with Crippen molar-refractivity contribution in [3.63, 3.8) is 0 Å². The predicted octanol–water partition coefficient (Wildman–Crippen LogP) is 4.28. The van der Waals surface area contributed by atoms with Crippen LogP contribution in [0.2, 0.25) is 0 Å². The Bertz CT molecular complexity index is 1040. The fourth-order valence-corrected chi connectivity index (χ4v) is 5.30. The maximum atomic E-state index is 12.5. The Kier molecular flexibility index (Phi) is 7.73. The lowest BCUT2D eigenvalue weighted by atomic mass is 9.82. The van der Waals surface area contributed by atoms with Crippen molar-refractivity contribution in [3.05, 3.63) is 54.1 Å². The van der Waals surface area contributed by atoms with Crippen molar-refractivity contribution in [1.29, 1.82) is 5.41 Å². The highest BCUT2D eigenvalue weighted by Crippen LogP contribution is 2.31. The first-order valence-corrected chi connectivity index (χ1v) is 12.4. The van der Waals surface area contributed by atoms with Gasteiger partial charge in [0.15, 0.2) is 0 Å². The van der Waals surface area contributed by atoms with Gasteiger partial charge in [0.2, 0.25) is 5.91 Å². The number of ether oxygens (including phenoxy) is 2. The second kappa shape index (κ2) is 10.9. The Morgan fingerprint density at radius 3 is 2.17 bits per heavy atom. The Morgan fingerprint density at radius 1 is 0.971 bits per heavy atom. The van der Waals surface area contributed by atoms with E-state index in [4.69, 9.17) is 20.6 Å². The van der Waals surface area contributed by atoms with Crippen molar-refractivity contribution in [2.75, 3.05) is 6.61 Å². The number of esters is 1. The molecule has 7 nitrogen and oxygen atoms in total. The van der Waals surface area contributed by atoms with Crippen LogP contribution in [0.15, 0.2) is 48.5 Å². The molecule has 2 aromatic carbocycles. The number of hydrogen-bond acceptors (Lipinski definition) is 5. The summed E-state index contributed by atoms with van der Waals surface area (Å²) in [6.07, 6.45) is 3.65. The first-order valence-electron chi connectivity index (χ1n) is 12.4. The van der Waals surface area contributed by atoms with E-state index in [1.807, 2.05) is 48.5 Å². The zero-order valence-electron chi connectivity index (χ0n) is 20.5. The molecule has 186 valence electrons. The standard InChI is InChI=1S/C28H35N3O4/c1-17-11-18(2)13-25(12-17)35-26(32)15-22-14-23(31-28(22)33)16-34-24-9-7-20(8-10-24)19-3-5-21(6-4-19)27(29)30/h3-10,17-18,22-23,25H,11-16H2,1-2H3,(H3,29,30)(H,31,33)/t17?,18?,22-,23-,25?/m0/s1. The summed E-state index contributed by atoms with van der Waals surface area (Å²) in [4.78, 5) is 24.9. The molecule has 1 heterocycles. The fourth-order valence-electron chi connectivity index (χ4n) is 5.30. The molecule has 7 heteroatoms. The third kappa shape index (κ3) is 6.62. The van der Waals surface area contributed by atoms with Crippen LogP contribution in [-0.4, -0.2) is 36.5 Å². The van der Waals surface area contributed by atoms with Crippen molar-refractivity contribution in [2.24, 2.45) is 23.5 Å². The highest BCUT2D eigenvalue weighted by molar-refractivity contribution is 5.95. The lowest BCUT2D eigenvalue weighted by Gasteiger charge is -2.31. The van der Waals surface area contributed by atoms with E-state index < -0.39 is 0 Å². The summed E-state index contributed by atoms with van der Waals surface area (Å²) in [6, 6.07) is 15.1. The van der Waals surface area contributed by atoms with Crippen molar-refractivity contribution in [2.45, 2.75) is 58.1 Å². The minimum absolute atomic E-state index is 0.0279. The Balaban J connectivity index is 1.23. The summed E-state index contributed by atoms with van der Waals surface area (Å²) in [5, 5.41) is 10.4. The van der Waals surface area contributed by atoms with Crippen molar-refractivity contribution in [3.8, 4) is 16.9 Å². The van der Waals surface area contributed by atoms with Crippen LogP contribution in [0, 0.1) is 23.2 Å². The predicted molar refractivity (Wildman–Crippen MR) is 135 cm³/mol. The van der Waals surface area contributed by atoms with E-state index in [0.29, 0.717) is 36.2 Å². The molecule has 1 amide bonds. The van der Waals surface area contributed by atoms with Gasteiger partial charge in [-0.3, -0.25) is 15.0 Å². The van der Waals surface area contributed by atoms with Crippen LogP contribution in [0.5, 0.6) is 5.75 Å². The van der Waals surface area contributed by atoms with Crippen LogP contribution in [0.1, 0.15) is 51.5 Å². The van der Waals surface area contributed by atoms with Gasteiger partial charge < -0.3 is 20.5 Å². The van der Waals surface area contributed by atoms with E-state index >= 15 is 0 Å². The molecule has 0 spiro atoms. The number of benzene rings is 2. The van der Waals surface area contributed by atoms with Gasteiger partial charge >= 0.3 is 5.97 Å². The normalized spacial score (nSPS) is 26.1. The van der Waals surface area contributed by atoms with Gasteiger partial charge in [-0.2, -0.15) is 0 Å². The van der Waals surface area contributed by atoms with Gasteiger partial charge in [0.25, 0.3) is 0 Å². The summed E-state index contributed by atoms with van der Waals surface area (Å²) in [6.45, 7) is 4.75. The molecular weight excluding hydrogens is 442 g/mol. The average Bonchev–Trinajstić information content (AvgIpc) is 3.16. The second-order valence-electron chi connectivity index (χ2n) is 10.2. The third-order valence-electron chi connectivity index (χ3n) is 6.97. The topological polar surface area (TPSA) is 114 Å². The van der Waals surface area contributed by atoms with Crippen LogP contribution in [0.3, 0.4) is 0 Å². The second-order valence-corrected chi connectivity index (χ2v) is 10.2. The van der Waals surface area contributed by atoms with Crippen LogP contribution < -0.4 is 15.8 Å². The number of carbonyl (C=O) groups is 2. The zero-order valence-corrected chi connectivity index (χ0v) is 20.5. The average molecular weight is 478 g/mol. The molecule has 1 aliphatic carbocycles. The molecule has 1 aliphatic heterocycles. The Hall–Kier alpha value is -3.35. The van der Waals surface area contributed by atoms with E-state index in [1.54, 1.807) is 0 Å². The number of hydrogen-bond donors (Lipinski definition) is 3. The van der Waals surface area contributed by atoms with Gasteiger partial charge in [0.1, 0.15) is 24.3 Å². The molecule has 35 heavy (non-hydrogen) atoms. The summed E-state index contributed by atoms with van der Waals surface area (Å²) < 4.78 is 11.6. The Labute approximate surface area is 206 Å². The maximum absolute atomic E-state index is 12.5. The molecule has 2 fully saturated rings. The molecule has 0 bridgehead atoms. The molecule has 1 saturated carbocycles. The minimum Gasteiger partial charge on any atom is -0.491 e. The number of amides is 1. The van der Waals surface area contributed by atoms with Gasteiger partial charge in [-0.25, -0.2) is 0 Å². The SMILES string of the molecule is CC1CC(C)CC(OC(=O)C[C@@H]2C[C@@H](COc3ccc(-c4ccc(C(=N)N)cc4)cc3)NC2=O)C1. The molecule has 2 aliphatic rings. The smallest absolute Gasteiger partial charge is 0.306 e. The quantitative estimate of drug-likeness (QED) is 0.298. The number of carbonyl (C=O) groups excluding carboxylic acids is 2. The van der Waals surface area contributed by atoms with Gasteiger partial charge in [-0.1, -0.05) is 50.2 Å². The first-order chi connectivity index (χ1) is 16.8. The maximum Gasteiger partial charge on any atom is 0.306 e. The fraction of sp³-hybridized carbons (Fsp3) is 0.464. The summed E-state index contributed by atoms with van der Waals surface area (Å²) in [5.74, 6) is 1.15. The summed E-state index contributed by atoms with van der Waals surface area (Å²) in [7, 11) is 0. The van der Waals surface area contributed by atoms with Crippen molar-refractivity contribution in [1.82, 2.24) is 5.32 Å². The largest absolute Gasteiger partial charge is 0.491 e. The summed E-state index contributed by atoms with van der Waals surface area (Å²) >= 11 is 0. The number of nitrogens with two attached hydrogens (primary N) is 1. The molecule has 2 aromatic rings. The van der Waals surface area contributed by atoms with E-state index in [2.05, 4.69) is 19.2 Å². The van der Waals surface area contributed by atoms with Gasteiger partial charge in [-0.05, 0) is 60.8 Å². The number of amidine groups is 1. The van der Waals surface area contributed by atoms with E-state index in [1.165, 1.54) is 6.42 Å². The van der Waals surface area contributed by atoms with Crippen LogP contribution >= 0.6 is 0 Å². The van der Waals surface area contributed by atoms with Gasteiger partial charge in [-0.15, -0.1) is 0 Å². The van der Waals surface area contributed by atoms with E-state index in [0.717, 1.165) is 24.0 Å². The highest BCUT2D eigenvalue weighted by atomic mass is 16.5. The number of nitrogen functional groups attached to an aromatic ring is 1. The van der Waals surface area contributed by atoms with Crippen LogP contribution in [0.25, 0.3) is 11.1 Å². The molecule has 2 unspecified atom stereocenters. The van der Waals surface area contributed by atoms with Gasteiger partial charge in [0.05, 0.1) is 18.4 Å². The molecule has 4 atom stereocenters. The minimum atomic E-state index is -0.366. The van der Waals surface area contributed by atoms with E-state index in [-0.39, 0.29) is 42.2 Å². The molecule has 1 saturated heterocycles. The zero-order chi connectivity index (χ0) is 24.9. The van der Waals surface area contributed by atoms with Gasteiger partial charge in [0, 0.05) is 5.56 Å². The van der Waals surface area contributed by atoms with Crippen molar-refractivity contribution >= 4 is 17.7 Å². The molecule has 4 rings (SSSR count). The van der Waals surface area contributed by atoms with Crippen molar-refractivity contribution < 1.29 is 19.1 Å². The Morgan fingerprint density at radius 2 is 1.57 bits per heavy atom. The molecule has 0 radical (unpaired) electrons.